The topological polar surface area (TPSA) is 43.4 Å². The number of para-hydroxylation sites is 1. The predicted molar refractivity (Wildman–Crippen MR) is 48.1 cm³/mol. The number of halogens is 2. The Hall–Kier alpha value is -1.42. The maximum Gasteiger partial charge on any atom is 0.326 e. The van der Waals surface area contributed by atoms with Crippen LogP contribution in [0.2, 0.25) is 0 Å². The van der Waals surface area contributed by atoms with E-state index < -0.39 is 17.7 Å². The second-order valence-electron chi connectivity index (χ2n) is 2.38. The van der Waals surface area contributed by atoms with Crippen molar-refractivity contribution in [2.75, 3.05) is 5.88 Å². The standard InChI is InChI=1S/C9H6ClFO3/c10-4-8(13)14-9-6(5-12)2-1-3-7(9)11/h1-3,5H,4H2. The van der Waals surface area contributed by atoms with E-state index in [1.165, 1.54) is 12.1 Å². The molecule has 3 nitrogen and oxygen atoms in total. The summed E-state index contributed by atoms with van der Waals surface area (Å²) in [6.45, 7) is 0. The van der Waals surface area contributed by atoms with Gasteiger partial charge in [0.05, 0.1) is 5.56 Å². The van der Waals surface area contributed by atoms with Crippen LogP contribution in [0.5, 0.6) is 5.75 Å². The average Bonchev–Trinajstić information content (AvgIpc) is 2.20. The van der Waals surface area contributed by atoms with Crippen molar-refractivity contribution in [3.8, 4) is 5.75 Å². The van der Waals surface area contributed by atoms with E-state index >= 15 is 0 Å². The summed E-state index contributed by atoms with van der Waals surface area (Å²) < 4.78 is 17.6. The molecule has 0 radical (unpaired) electrons. The summed E-state index contributed by atoms with van der Waals surface area (Å²) in [5.41, 5.74) is -0.0246. The van der Waals surface area contributed by atoms with Crippen molar-refractivity contribution >= 4 is 23.9 Å². The highest BCUT2D eigenvalue weighted by atomic mass is 35.5. The number of esters is 1. The number of carbonyl (C=O) groups excluding carboxylic acids is 2. The molecular formula is C9H6ClFO3. The van der Waals surface area contributed by atoms with Crippen LogP contribution in [0.15, 0.2) is 18.2 Å². The molecular weight excluding hydrogens is 211 g/mol. The van der Waals surface area contributed by atoms with Gasteiger partial charge in [0.15, 0.2) is 17.9 Å². The summed E-state index contributed by atoms with van der Waals surface area (Å²) in [6.07, 6.45) is 0.403. The van der Waals surface area contributed by atoms with Crippen LogP contribution in [0.4, 0.5) is 4.39 Å². The Balaban J connectivity index is 3.04. The lowest BCUT2D eigenvalue weighted by Crippen LogP contribution is -2.11. The minimum atomic E-state index is -0.806. The first-order chi connectivity index (χ1) is 6.69. The summed E-state index contributed by atoms with van der Waals surface area (Å²) in [5, 5.41) is 0. The Morgan fingerprint density at radius 1 is 1.57 bits per heavy atom. The van der Waals surface area contributed by atoms with Crippen LogP contribution in [0.25, 0.3) is 0 Å². The van der Waals surface area contributed by atoms with Crippen LogP contribution in [0, 0.1) is 5.82 Å². The lowest BCUT2D eigenvalue weighted by molar-refractivity contribution is -0.131. The van der Waals surface area contributed by atoms with Crippen molar-refractivity contribution in [2.24, 2.45) is 0 Å². The number of rotatable bonds is 3. The molecule has 0 bridgehead atoms. The zero-order valence-corrected chi connectivity index (χ0v) is 7.75. The fourth-order valence-electron chi connectivity index (χ4n) is 0.867. The van der Waals surface area contributed by atoms with Crippen molar-refractivity contribution < 1.29 is 18.7 Å². The van der Waals surface area contributed by atoms with Crippen LogP contribution in [0.3, 0.4) is 0 Å². The highest BCUT2D eigenvalue weighted by molar-refractivity contribution is 6.26. The fraction of sp³-hybridized carbons (Fsp3) is 0.111. The number of alkyl halides is 1. The van der Waals surface area contributed by atoms with E-state index in [4.69, 9.17) is 11.6 Å². The molecule has 0 saturated carbocycles. The third-order valence-electron chi connectivity index (χ3n) is 1.45. The largest absolute Gasteiger partial charge is 0.422 e. The normalized spacial score (nSPS) is 9.57. The Morgan fingerprint density at radius 2 is 2.29 bits per heavy atom. The Morgan fingerprint density at radius 3 is 2.86 bits per heavy atom. The molecule has 0 spiro atoms. The van der Waals surface area contributed by atoms with Crippen molar-refractivity contribution in [3.63, 3.8) is 0 Å². The second kappa shape index (κ2) is 4.72. The van der Waals surface area contributed by atoms with Crippen LogP contribution >= 0.6 is 11.6 Å². The first kappa shape index (κ1) is 10.7. The number of hydrogen-bond donors (Lipinski definition) is 0. The first-order valence-corrected chi connectivity index (χ1v) is 4.23. The maximum absolute atomic E-state index is 13.1. The minimum absolute atomic E-state index is 0.0246. The van der Waals surface area contributed by atoms with Gasteiger partial charge in [-0.1, -0.05) is 6.07 Å². The lowest BCUT2D eigenvalue weighted by atomic mass is 10.2. The molecule has 0 fully saturated rings. The number of aldehydes is 1. The van der Waals surface area contributed by atoms with E-state index in [1.807, 2.05) is 0 Å². The highest BCUT2D eigenvalue weighted by Gasteiger charge is 2.12. The molecule has 0 atom stereocenters. The van der Waals surface area contributed by atoms with Gasteiger partial charge in [0.2, 0.25) is 0 Å². The van der Waals surface area contributed by atoms with Crippen molar-refractivity contribution in [1.29, 1.82) is 0 Å². The van der Waals surface area contributed by atoms with E-state index in [0.717, 1.165) is 6.07 Å². The molecule has 5 heteroatoms. The smallest absolute Gasteiger partial charge is 0.326 e. The summed E-state index contributed by atoms with van der Waals surface area (Å²) in [5.74, 6) is -2.35. The highest BCUT2D eigenvalue weighted by Crippen LogP contribution is 2.21. The summed E-state index contributed by atoms with van der Waals surface area (Å²) >= 11 is 5.16. The number of benzene rings is 1. The van der Waals surface area contributed by atoms with Gasteiger partial charge in [-0.15, -0.1) is 11.6 Å². The number of ether oxygens (including phenoxy) is 1. The van der Waals surface area contributed by atoms with Crippen LogP contribution in [-0.4, -0.2) is 18.1 Å². The van der Waals surface area contributed by atoms with Crippen LogP contribution in [-0.2, 0) is 4.79 Å². The number of hydrogen-bond acceptors (Lipinski definition) is 3. The molecule has 1 aromatic rings. The van der Waals surface area contributed by atoms with Gasteiger partial charge in [0.1, 0.15) is 5.88 Å². The SMILES string of the molecule is O=Cc1cccc(F)c1OC(=O)CCl. The zero-order valence-electron chi connectivity index (χ0n) is 7.00. The first-order valence-electron chi connectivity index (χ1n) is 3.69. The van der Waals surface area contributed by atoms with E-state index in [2.05, 4.69) is 4.74 Å². The van der Waals surface area contributed by atoms with Gasteiger partial charge >= 0.3 is 5.97 Å². The Bertz CT molecular complexity index is 365. The third-order valence-corrected chi connectivity index (χ3v) is 1.67. The van der Waals surface area contributed by atoms with Crippen molar-refractivity contribution in [2.45, 2.75) is 0 Å². The quantitative estimate of drug-likeness (QED) is 0.335. The van der Waals surface area contributed by atoms with Gasteiger partial charge in [0, 0.05) is 0 Å². The zero-order chi connectivity index (χ0) is 10.6. The van der Waals surface area contributed by atoms with Gasteiger partial charge < -0.3 is 4.74 Å². The molecule has 0 aliphatic rings. The predicted octanol–water partition coefficient (Wildman–Crippen LogP) is 1.78. The van der Waals surface area contributed by atoms with Gasteiger partial charge in [-0.05, 0) is 12.1 Å². The summed E-state index contributed by atoms with van der Waals surface area (Å²) in [6, 6.07) is 3.77. The molecule has 0 unspecified atom stereocenters. The van der Waals surface area contributed by atoms with E-state index in [9.17, 15) is 14.0 Å². The molecule has 74 valence electrons. The Labute approximate surface area is 84.4 Å². The molecule has 0 aromatic heterocycles. The molecule has 0 amide bonds. The Kier molecular flexibility index (Phi) is 3.59. The molecule has 0 aliphatic carbocycles. The molecule has 0 heterocycles. The van der Waals surface area contributed by atoms with E-state index in [1.54, 1.807) is 0 Å². The van der Waals surface area contributed by atoms with E-state index in [-0.39, 0.29) is 11.3 Å². The van der Waals surface area contributed by atoms with Crippen LogP contribution < -0.4 is 4.74 Å². The minimum Gasteiger partial charge on any atom is -0.422 e. The fourth-order valence-corrected chi connectivity index (χ4v) is 0.922. The van der Waals surface area contributed by atoms with Gasteiger partial charge in [0.25, 0.3) is 0 Å². The molecule has 0 saturated heterocycles. The van der Waals surface area contributed by atoms with Crippen molar-refractivity contribution in [3.05, 3.63) is 29.6 Å². The molecule has 1 aromatic carbocycles. The molecule has 14 heavy (non-hydrogen) atoms. The molecule has 0 aliphatic heterocycles. The maximum atomic E-state index is 13.1. The number of carbonyl (C=O) groups is 2. The van der Waals surface area contributed by atoms with Gasteiger partial charge in [-0.3, -0.25) is 9.59 Å². The summed E-state index contributed by atoms with van der Waals surface area (Å²) in [7, 11) is 0. The molecule has 1 rings (SSSR count). The van der Waals surface area contributed by atoms with Gasteiger partial charge in [-0.2, -0.15) is 0 Å². The molecule has 0 N–H and O–H groups in total. The van der Waals surface area contributed by atoms with Gasteiger partial charge in [-0.25, -0.2) is 4.39 Å². The van der Waals surface area contributed by atoms with E-state index in [0.29, 0.717) is 6.29 Å². The lowest BCUT2D eigenvalue weighted by Gasteiger charge is -2.05. The van der Waals surface area contributed by atoms with Crippen molar-refractivity contribution in [1.82, 2.24) is 0 Å². The monoisotopic (exact) mass is 216 g/mol. The second-order valence-corrected chi connectivity index (χ2v) is 2.65. The van der Waals surface area contributed by atoms with Crippen LogP contribution in [0.1, 0.15) is 10.4 Å². The summed E-state index contributed by atoms with van der Waals surface area (Å²) in [4.78, 5) is 21.2. The third kappa shape index (κ3) is 2.29. The average molecular weight is 217 g/mol.